The highest BCUT2D eigenvalue weighted by Gasteiger charge is 2.47. The Balaban J connectivity index is 1.78. The summed E-state index contributed by atoms with van der Waals surface area (Å²) < 4.78 is 32.7. The highest BCUT2D eigenvalue weighted by Crippen LogP contribution is 2.58. The number of methoxy groups -OCH3 is 1. The third kappa shape index (κ3) is 4.23. The van der Waals surface area contributed by atoms with Crippen LogP contribution in [0, 0.1) is 0 Å². The maximum Gasteiger partial charge on any atom is 0.359 e. The van der Waals surface area contributed by atoms with Crippen LogP contribution in [0.3, 0.4) is 0 Å². The Labute approximate surface area is 174 Å². The van der Waals surface area contributed by atoms with Crippen LogP contribution in [0.2, 0.25) is 0 Å². The molecule has 0 radical (unpaired) electrons. The number of aromatic amines is 1. The summed E-state index contributed by atoms with van der Waals surface area (Å²) in [6, 6.07) is 0. The quantitative estimate of drug-likeness (QED) is 0.423. The number of H-pyrrole nitrogens is 1. The molecule has 3 rings (SSSR count). The molecule has 11 nitrogen and oxygen atoms in total. The van der Waals surface area contributed by atoms with E-state index in [1.807, 2.05) is 0 Å². The zero-order chi connectivity index (χ0) is 22.5. The Kier molecular flexibility index (Phi) is 6.00. The molecule has 0 aromatic carbocycles. The Morgan fingerprint density at radius 3 is 2.73 bits per heavy atom. The van der Waals surface area contributed by atoms with Crippen molar-refractivity contribution in [3.8, 4) is 0 Å². The van der Waals surface area contributed by atoms with E-state index in [-0.39, 0.29) is 18.4 Å². The van der Waals surface area contributed by atoms with Crippen molar-refractivity contribution >= 4 is 18.8 Å². The van der Waals surface area contributed by atoms with Gasteiger partial charge in [0.2, 0.25) is 5.52 Å². The van der Waals surface area contributed by atoms with E-state index < -0.39 is 37.0 Å². The lowest BCUT2D eigenvalue weighted by Gasteiger charge is -2.36. The molecule has 12 heteroatoms. The van der Waals surface area contributed by atoms with Crippen LogP contribution in [0.1, 0.15) is 46.8 Å². The fraction of sp³-hybridized carbons (Fsp3) is 0.722. The van der Waals surface area contributed by atoms with E-state index in [0.717, 1.165) is 0 Å². The van der Waals surface area contributed by atoms with Crippen molar-refractivity contribution in [1.82, 2.24) is 14.5 Å². The summed E-state index contributed by atoms with van der Waals surface area (Å²) >= 11 is 0. The maximum absolute atomic E-state index is 12.7. The molecule has 0 aliphatic carbocycles. The van der Waals surface area contributed by atoms with Gasteiger partial charge in [-0.1, -0.05) is 4.98 Å². The molecule has 30 heavy (non-hydrogen) atoms. The van der Waals surface area contributed by atoms with Gasteiger partial charge in [0.25, 0.3) is 5.56 Å². The largest absolute Gasteiger partial charge is 0.390 e. The van der Waals surface area contributed by atoms with E-state index in [4.69, 9.17) is 14.0 Å². The second kappa shape index (κ2) is 7.81. The molecule has 168 valence electrons. The number of hydrogen-bond acceptors (Lipinski definition) is 7. The van der Waals surface area contributed by atoms with E-state index >= 15 is 0 Å². The number of hydrogen-bond donors (Lipinski definition) is 3. The van der Waals surface area contributed by atoms with Crippen LogP contribution in [0.25, 0.3) is 11.2 Å². The Hall–Kier alpha value is -1.62. The van der Waals surface area contributed by atoms with E-state index in [0.29, 0.717) is 11.2 Å². The molecule has 0 saturated carbocycles. The van der Waals surface area contributed by atoms with Gasteiger partial charge in [0.15, 0.2) is 24.2 Å². The van der Waals surface area contributed by atoms with Crippen molar-refractivity contribution in [3.05, 3.63) is 23.0 Å². The maximum atomic E-state index is 12.7. The fourth-order valence-corrected chi connectivity index (χ4v) is 4.75. The minimum Gasteiger partial charge on any atom is -0.390 e. The molecule has 1 aliphatic heterocycles. The minimum atomic E-state index is -4.12. The highest BCUT2D eigenvalue weighted by atomic mass is 31.2. The topological polar surface area (TPSA) is 140 Å². The minimum absolute atomic E-state index is 0.175. The van der Waals surface area contributed by atoms with Gasteiger partial charge in [0.1, 0.15) is 0 Å². The first-order chi connectivity index (χ1) is 13.8. The van der Waals surface area contributed by atoms with E-state index in [1.54, 1.807) is 36.4 Å². The number of aliphatic hydroxyl groups excluding tert-OH is 1. The van der Waals surface area contributed by atoms with Crippen LogP contribution in [-0.4, -0.2) is 54.8 Å². The summed E-state index contributed by atoms with van der Waals surface area (Å²) in [5.74, 6) is 0. The number of nitrogens with one attached hydrogen (secondary N) is 1. The van der Waals surface area contributed by atoms with Crippen LogP contribution >= 0.6 is 7.60 Å². The summed E-state index contributed by atoms with van der Waals surface area (Å²) in [7, 11) is -1.05. The van der Waals surface area contributed by atoms with E-state index in [9.17, 15) is 19.4 Å². The number of fused-ring (bicyclic) bond motifs is 1. The first kappa shape index (κ1) is 23.1. The number of nitrogens with zero attached hydrogens (tertiary/aromatic N) is 3. The van der Waals surface area contributed by atoms with Crippen LogP contribution in [0.4, 0.5) is 0 Å². The van der Waals surface area contributed by atoms with Gasteiger partial charge in [-0.15, -0.1) is 0 Å². The second-order valence-electron chi connectivity index (χ2n) is 8.70. The second-order valence-corrected chi connectivity index (χ2v) is 11.0. The van der Waals surface area contributed by atoms with Gasteiger partial charge in [-0.05, 0) is 27.7 Å². The third-order valence-electron chi connectivity index (χ3n) is 5.46. The lowest BCUT2D eigenvalue weighted by molar-refractivity contribution is -0.739. The molecule has 2 aromatic heterocycles. The van der Waals surface area contributed by atoms with Gasteiger partial charge in [-0.3, -0.25) is 18.9 Å². The molecule has 4 unspecified atom stereocenters. The highest BCUT2D eigenvalue weighted by molar-refractivity contribution is 7.54. The standard InChI is InChI=1S/C18H29N4O7P/c1-17(2,29-30(25,26)18(3,4)27-6)8-12-11(23)7-13(28-12)22-10-21(5)14-15(22)19-9-20-16(14)24/h9-13,23H,7-8H2,1-6H3,(H-,19,20,24,25,26)/p+1. The van der Waals surface area contributed by atoms with Crippen molar-refractivity contribution in [2.75, 3.05) is 7.11 Å². The average Bonchev–Trinajstić information content (AvgIpc) is 3.14. The van der Waals surface area contributed by atoms with Crippen molar-refractivity contribution in [1.29, 1.82) is 0 Å². The first-order valence-corrected chi connectivity index (χ1v) is 11.2. The van der Waals surface area contributed by atoms with Gasteiger partial charge < -0.3 is 24.0 Å². The summed E-state index contributed by atoms with van der Waals surface area (Å²) in [5, 5.41) is 9.20. The van der Waals surface area contributed by atoms with Crippen LogP contribution in [0.5, 0.6) is 0 Å². The Morgan fingerprint density at radius 1 is 1.43 bits per heavy atom. The Morgan fingerprint density at radius 2 is 2.10 bits per heavy atom. The van der Waals surface area contributed by atoms with Crippen molar-refractivity contribution in [3.63, 3.8) is 0 Å². The molecule has 0 spiro atoms. The number of ether oxygens (including phenoxy) is 2. The predicted molar refractivity (Wildman–Crippen MR) is 107 cm³/mol. The molecule has 1 fully saturated rings. The van der Waals surface area contributed by atoms with Crippen molar-refractivity contribution in [2.45, 2.75) is 69.9 Å². The van der Waals surface area contributed by atoms with Crippen molar-refractivity contribution in [2.24, 2.45) is 7.05 Å². The number of aryl methyl sites for hydroxylation is 1. The zero-order valence-electron chi connectivity index (χ0n) is 18.0. The predicted octanol–water partition coefficient (Wildman–Crippen LogP) is 0.951. The molecule has 0 amide bonds. The smallest absolute Gasteiger partial charge is 0.359 e. The zero-order valence-corrected chi connectivity index (χ0v) is 18.9. The first-order valence-electron chi connectivity index (χ1n) is 9.64. The molecular formula is C18H30N4O7P+. The SMILES string of the molecule is COC(C)(C)P(=O)(O)OC(C)(C)CC1OC([n+]2cn(C)c3c(=O)[nH]cnc32)CC1O. The van der Waals surface area contributed by atoms with Gasteiger partial charge in [0.05, 0.1) is 24.9 Å². The third-order valence-corrected chi connectivity index (χ3v) is 7.75. The van der Waals surface area contributed by atoms with Gasteiger partial charge in [-0.25, -0.2) is 4.57 Å². The van der Waals surface area contributed by atoms with Crippen LogP contribution in [0.15, 0.2) is 17.4 Å². The average molecular weight is 445 g/mol. The molecule has 3 heterocycles. The van der Waals surface area contributed by atoms with Crippen LogP contribution in [-0.2, 0) is 25.6 Å². The Bertz CT molecular complexity index is 1030. The molecule has 3 N–H and O–H groups in total. The number of imidazole rings is 1. The van der Waals surface area contributed by atoms with E-state index in [2.05, 4.69) is 9.97 Å². The lowest BCUT2D eigenvalue weighted by Crippen LogP contribution is -2.40. The molecule has 1 aliphatic rings. The summed E-state index contributed by atoms with van der Waals surface area (Å²) in [4.78, 5) is 29.2. The van der Waals surface area contributed by atoms with Gasteiger partial charge in [0, 0.05) is 20.0 Å². The molecule has 1 saturated heterocycles. The molecule has 4 atom stereocenters. The summed E-state index contributed by atoms with van der Waals surface area (Å²) in [6.07, 6.45) is 1.45. The monoisotopic (exact) mass is 445 g/mol. The van der Waals surface area contributed by atoms with Gasteiger partial charge >= 0.3 is 13.2 Å². The molecular weight excluding hydrogens is 415 g/mol. The van der Waals surface area contributed by atoms with Crippen LogP contribution < -0.4 is 10.1 Å². The summed E-state index contributed by atoms with van der Waals surface area (Å²) in [5.41, 5.74) is -0.508. The normalized spacial score (nSPS) is 25.0. The van der Waals surface area contributed by atoms with Crippen molar-refractivity contribution < 1.29 is 33.1 Å². The molecule has 2 aromatic rings. The van der Waals surface area contributed by atoms with Gasteiger partial charge in [-0.2, -0.15) is 0 Å². The summed E-state index contributed by atoms with van der Waals surface area (Å²) in [6.45, 7) is 6.29. The fourth-order valence-electron chi connectivity index (χ4n) is 3.55. The number of aromatic nitrogens is 4. The molecule has 0 bridgehead atoms. The number of rotatable bonds is 7. The lowest BCUT2D eigenvalue weighted by atomic mass is 9.98. The van der Waals surface area contributed by atoms with E-state index in [1.165, 1.54) is 27.3 Å². The number of aliphatic hydroxyl groups is 1.